The number of aromatic carboxylic acids is 1. The van der Waals surface area contributed by atoms with Gasteiger partial charge in [0, 0.05) is 12.2 Å². The minimum absolute atomic E-state index is 0.131. The minimum Gasteiger partial charge on any atom is -0.478 e. The molecule has 0 aliphatic rings. The predicted molar refractivity (Wildman–Crippen MR) is 80.4 cm³/mol. The summed E-state index contributed by atoms with van der Waals surface area (Å²) in [6, 6.07) is 13.6. The normalized spacial score (nSPS) is 9.95. The Morgan fingerprint density at radius 2 is 1.81 bits per heavy atom. The highest BCUT2D eigenvalue weighted by atomic mass is 16.4. The van der Waals surface area contributed by atoms with Gasteiger partial charge in [-0.3, -0.25) is 0 Å². The first kappa shape index (κ1) is 14.6. The third-order valence-corrected chi connectivity index (χ3v) is 2.94. The Labute approximate surface area is 122 Å². The average molecular weight is 284 g/mol. The van der Waals surface area contributed by atoms with Crippen LogP contribution in [0.5, 0.6) is 0 Å². The average Bonchev–Trinajstić information content (AvgIpc) is 2.47. The van der Waals surface area contributed by atoms with Crippen LogP contribution in [0.1, 0.15) is 21.5 Å². The van der Waals surface area contributed by atoms with Crippen LogP contribution in [0, 0.1) is 6.92 Å². The van der Waals surface area contributed by atoms with Crippen molar-refractivity contribution in [1.29, 1.82) is 0 Å². The predicted octanol–water partition coefficient (Wildman–Crippen LogP) is 3.01. The summed E-state index contributed by atoms with van der Waals surface area (Å²) < 4.78 is 0. The molecule has 0 saturated carbocycles. The fourth-order valence-corrected chi connectivity index (χ4v) is 1.79. The van der Waals surface area contributed by atoms with Crippen molar-refractivity contribution in [2.45, 2.75) is 13.5 Å². The van der Waals surface area contributed by atoms with Crippen molar-refractivity contribution in [2.24, 2.45) is 0 Å². The van der Waals surface area contributed by atoms with Gasteiger partial charge in [-0.05, 0) is 30.7 Å². The Bertz CT molecular complexity index is 651. The van der Waals surface area contributed by atoms with Gasteiger partial charge >= 0.3 is 12.0 Å². The van der Waals surface area contributed by atoms with Gasteiger partial charge in [0.25, 0.3) is 0 Å². The SMILES string of the molecule is Cc1ccc(CNC(=O)Nc2cccc(C(=O)O)c2)cc1. The van der Waals surface area contributed by atoms with Crippen molar-refractivity contribution >= 4 is 17.7 Å². The van der Waals surface area contributed by atoms with E-state index in [2.05, 4.69) is 10.6 Å². The van der Waals surface area contributed by atoms with Gasteiger partial charge in [0.1, 0.15) is 0 Å². The van der Waals surface area contributed by atoms with Gasteiger partial charge in [0.15, 0.2) is 0 Å². The standard InChI is InChI=1S/C16H16N2O3/c1-11-5-7-12(8-6-11)10-17-16(21)18-14-4-2-3-13(9-14)15(19)20/h2-9H,10H2,1H3,(H,19,20)(H2,17,18,21). The number of urea groups is 1. The number of carbonyl (C=O) groups is 2. The molecular formula is C16H16N2O3. The zero-order chi connectivity index (χ0) is 15.2. The Morgan fingerprint density at radius 3 is 2.48 bits per heavy atom. The summed E-state index contributed by atoms with van der Waals surface area (Å²) in [5.41, 5.74) is 2.73. The smallest absolute Gasteiger partial charge is 0.335 e. The maximum Gasteiger partial charge on any atom is 0.335 e. The van der Waals surface area contributed by atoms with Crippen molar-refractivity contribution in [3.05, 3.63) is 65.2 Å². The third-order valence-electron chi connectivity index (χ3n) is 2.94. The quantitative estimate of drug-likeness (QED) is 0.807. The topological polar surface area (TPSA) is 78.4 Å². The maximum atomic E-state index is 11.8. The van der Waals surface area contributed by atoms with E-state index in [1.807, 2.05) is 31.2 Å². The molecule has 5 heteroatoms. The molecule has 0 atom stereocenters. The molecule has 2 aromatic carbocycles. The number of hydrogen-bond acceptors (Lipinski definition) is 2. The Hall–Kier alpha value is -2.82. The van der Waals surface area contributed by atoms with Crippen LogP contribution in [0.2, 0.25) is 0 Å². The number of anilines is 1. The lowest BCUT2D eigenvalue weighted by molar-refractivity contribution is 0.0697. The summed E-state index contributed by atoms with van der Waals surface area (Å²) in [4.78, 5) is 22.6. The van der Waals surface area contributed by atoms with Crippen LogP contribution < -0.4 is 10.6 Å². The van der Waals surface area contributed by atoms with Crippen molar-refractivity contribution in [2.75, 3.05) is 5.32 Å². The molecule has 3 N–H and O–H groups in total. The molecule has 0 radical (unpaired) electrons. The van der Waals surface area contributed by atoms with Gasteiger partial charge in [0.2, 0.25) is 0 Å². The van der Waals surface area contributed by atoms with E-state index in [-0.39, 0.29) is 11.6 Å². The van der Waals surface area contributed by atoms with E-state index in [4.69, 9.17) is 5.11 Å². The lowest BCUT2D eigenvalue weighted by Crippen LogP contribution is -2.28. The highest BCUT2D eigenvalue weighted by molar-refractivity contribution is 5.93. The highest BCUT2D eigenvalue weighted by Crippen LogP contribution is 2.10. The van der Waals surface area contributed by atoms with Crippen LogP contribution in [0.25, 0.3) is 0 Å². The molecule has 2 amide bonds. The van der Waals surface area contributed by atoms with Crippen LogP contribution in [-0.4, -0.2) is 17.1 Å². The molecule has 5 nitrogen and oxygen atoms in total. The van der Waals surface area contributed by atoms with Gasteiger partial charge in [0.05, 0.1) is 5.56 Å². The number of benzene rings is 2. The van der Waals surface area contributed by atoms with E-state index < -0.39 is 5.97 Å². The van der Waals surface area contributed by atoms with Crippen LogP contribution in [0.3, 0.4) is 0 Å². The molecule has 0 saturated heterocycles. The van der Waals surface area contributed by atoms with Crippen LogP contribution in [-0.2, 0) is 6.54 Å². The van der Waals surface area contributed by atoms with E-state index in [1.165, 1.54) is 12.1 Å². The number of carboxylic acid groups (broad SMARTS) is 1. The zero-order valence-electron chi connectivity index (χ0n) is 11.6. The summed E-state index contributed by atoms with van der Waals surface area (Å²) >= 11 is 0. The fraction of sp³-hybridized carbons (Fsp3) is 0.125. The van der Waals surface area contributed by atoms with E-state index in [9.17, 15) is 9.59 Å². The molecule has 0 heterocycles. The molecular weight excluding hydrogens is 268 g/mol. The third kappa shape index (κ3) is 4.35. The van der Waals surface area contributed by atoms with Gasteiger partial charge in [-0.2, -0.15) is 0 Å². The first-order valence-corrected chi connectivity index (χ1v) is 6.48. The second-order valence-electron chi connectivity index (χ2n) is 4.68. The van der Waals surface area contributed by atoms with Gasteiger partial charge in [-0.1, -0.05) is 35.9 Å². The number of rotatable bonds is 4. The lowest BCUT2D eigenvalue weighted by atomic mass is 10.1. The number of amides is 2. The van der Waals surface area contributed by atoms with Gasteiger partial charge in [-0.15, -0.1) is 0 Å². The number of aryl methyl sites for hydroxylation is 1. The highest BCUT2D eigenvalue weighted by Gasteiger charge is 2.05. The zero-order valence-corrected chi connectivity index (χ0v) is 11.6. The Morgan fingerprint density at radius 1 is 1.10 bits per heavy atom. The fourth-order valence-electron chi connectivity index (χ4n) is 1.79. The second kappa shape index (κ2) is 6.56. The molecule has 0 spiro atoms. The molecule has 0 unspecified atom stereocenters. The van der Waals surface area contributed by atoms with E-state index in [0.717, 1.165) is 11.1 Å². The summed E-state index contributed by atoms with van der Waals surface area (Å²) in [6.45, 7) is 2.41. The molecule has 108 valence electrons. The summed E-state index contributed by atoms with van der Waals surface area (Å²) in [5.74, 6) is -1.03. The summed E-state index contributed by atoms with van der Waals surface area (Å²) in [7, 11) is 0. The molecule has 0 fully saturated rings. The monoisotopic (exact) mass is 284 g/mol. The lowest BCUT2D eigenvalue weighted by Gasteiger charge is -2.08. The largest absolute Gasteiger partial charge is 0.478 e. The number of carbonyl (C=O) groups excluding carboxylic acids is 1. The van der Waals surface area contributed by atoms with E-state index >= 15 is 0 Å². The maximum absolute atomic E-state index is 11.8. The second-order valence-corrected chi connectivity index (χ2v) is 4.68. The summed E-state index contributed by atoms with van der Waals surface area (Å²) in [5, 5.41) is 14.2. The molecule has 0 aliphatic carbocycles. The van der Waals surface area contributed by atoms with E-state index in [0.29, 0.717) is 12.2 Å². The van der Waals surface area contributed by atoms with Crippen LogP contribution >= 0.6 is 0 Å². The van der Waals surface area contributed by atoms with Gasteiger partial charge in [-0.25, -0.2) is 9.59 Å². The molecule has 0 aliphatic heterocycles. The molecule has 0 bridgehead atoms. The molecule has 0 aromatic heterocycles. The summed E-state index contributed by atoms with van der Waals surface area (Å²) in [6.07, 6.45) is 0. The molecule has 2 rings (SSSR count). The molecule has 21 heavy (non-hydrogen) atoms. The van der Waals surface area contributed by atoms with E-state index in [1.54, 1.807) is 12.1 Å². The number of carboxylic acids is 1. The van der Waals surface area contributed by atoms with Crippen molar-refractivity contribution in [1.82, 2.24) is 5.32 Å². The van der Waals surface area contributed by atoms with Crippen LogP contribution in [0.15, 0.2) is 48.5 Å². The van der Waals surface area contributed by atoms with Crippen molar-refractivity contribution in [3.8, 4) is 0 Å². The van der Waals surface area contributed by atoms with Crippen molar-refractivity contribution in [3.63, 3.8) is 0 Å². The first-order valence-electron chi connectivity index (χ1n) is 6.48. The number of nitrogens with one attached hydrogen (secondary N) is 2. The molecule has 2 aromatic rings. The number of hydrogen-bond donors (Lipinski definition) is 3. The Balaban J connectivity index is 1.91. The minimum atomic E-state index is -1.03. The Kier molecular flexibility index (Phi) is 4.56. The first-order chi connectivity index (χ1) is 10.0. The van der Waals surface area contributed by atoms with Gasteiger partial charge < -0.3 is 15.7 Å². The van der Waals surface area contributed by atoms with Crippen molar-refractivity contribution < 1.29 is 14.7 Å². The van der Waals surface area contributed by atoms with Crippen LogP contribution in [0.4, 0.5) is 10.5 Å².